The second-order valence-corrected chi connectivity index (χ2v) is 4.94. The first-order valence-corrected chi connectivity index (χ1v) is 6.42. The molecule has 3 amide bonds. The van der Waals surface area contributed by atoms with Crippen LogP contribution >= 0.6 is 0 Å². The van der Waals surface area contributed by atoms with Gasteiger partial charge in [0.1, 0.15) is 6.04 Å². The van der Waals surface area contributed by atoms with Crippen molar-refractivity contribution in [1.82, 2.24) is 25.3 Å². The Kier molecular flexibility index (Phi) is 4.10. The molecule has 1 aliphatic heterocycles. The molecule has 0 bridgehead atoms. The maximum absolute atomic E-state index is 11.9. The molecule has 0 spiro atoms. The topological polar surface area (TPSA) is 117 Å². The first-order valence-electron chi connectivity index (χ1n) is 6.42. The molecule has 2 heterocycles. The van der Waals surface area contributed by atoms with Crippen molar-refractivity contribution in [2.24, 2.45) is 7.05 Å². The number of aryl methyl sites for hydroxylation is 1. The number of hydrogen-bond donors (Lipinski definition) is 3. The van der Waals surface area contributed by atoms with Gasteiger partial charge in [0.2, 0.25) is 5.91 Å². The summed E-state index contributed by atoms with van der Waals surface area (Å²) in [5, 5.41) is 17.9. The van der Waals surface area contributed by atoms with Gasteiger partial charge in [-0.1, -0.05) is 0 Å². The van der Waals surface area contributed by atoms with E-state index in [4.69, 9.17) is 0 Å². The third kappa shape index (κ3) is 3.30. The Morgan fingerprint density at radius 3 is 2.67 bits per heavy atom. The van der Waals surface area contributed by atoms with E-state index in [-0.39, 0.29) is 5.91 Å². The first-order chi connectivity index (χ1) is 9.88. The number of likely N-dealkylation sites (N-methyl/N-ethyl adjacent to an activating group) is 1. The second kappa shape index (κ2) is 5.81. The summed E-state index contributed by atoms with van der Waals surface area (Å²) in [4.78, 5) is 36.3. The van der Waals surface area contributed by atoms with Crippen LogP contribution in [0, 0.1) is 0 Å². The number of hydrogen-bond acceptors (Lipinski definition) is 4. The normalized spacial score (nSPS) is 19.4. The average Bonchev–Trinajstić information content (AvgIpc) is 2.97. The predicted octanol–water partition coefficient (Wildman–Crippen LogP) is -0.924. The van der Waals surface area contributed by atoms with Gasteiger partial charge in [0.25, 0.3) is 0 Å². The van der Waals surface area contributed by atoms with Crippen LogP contribution in [0.1, 0.15) is 18.0 Å². The van der Waals surface area contributed by atoms with Crippen molar-refractivity contribution < 1.29 is 19.5 Å². The summed E-state index contributed by atoms with van der Waals surface area (Å²) in [6, 6.07) is -2.52. The van der Waals surface area contributed by atoms with E-state index < -0.39 is 24.1 Å². The van der Waals surface area contributed by atoms with Crippen molar-refractivity contribution in [2.75, 3.05) is 13.6 Å². The molecule has 3 N–H and O–H groups in total. The molecule has 1 aromatic heterocycles. The first kappa shape index (κ1) is 14.8. The molecule has 21 heavy (non-hydrogen) atoms. The van der Waals surface area contributed by atoms with Crippen molar-refractivity contribution in [2.45, 2.75) is 18.5 Å². The van der Waals surface area contributed by atoms with Crippen molar-refractivity contribution in [3.05, 3.63) is 18.0 Å². The smallest absolute Gasteiger partial charge is 0.331 e. The van der Waals surface area contributed by atoms with Gasteiger partial charge in [0, 0.05) is 32.4 Å². The Morgan fingerprint density at radius 1 is 1.48 bits per heavy atom. The zero-order valence-corrected chi connectivity index (χ0v) is 11.7. The molecule has 1 saturated heterocycles. The highest BCUT2D eigenvalue weighted by molar-refractivity contribution is 5.90. The van der Waals surface area contributed by atoms with Crippen molar-refractivity contribution in [3.63, 3.8) is 0 Å². The number of aromatic nitrogens is 2. The number of nitrogens with zero attached hydrogens (tertiary/aromatic N) is 3. The van der Waals surface area contributed by atoms with Crippen molar-refractivity contribution >= 4 is 17.9 Å². The summed E-state index contributed by atoms with van der Waals surface area (Å²) in [6.07, 6.45) is 3.38. The molecule has 114 valence electrons. The Balaban J connectivity index is 1.99. The average molecular weight is 295 g/mol. The number of carbonyl (C=O) groups is 3. The number of likely N-dealkylation sites (tertiary alicyclic amines) is 1. The SMILES string of the molecule is CN1CCC(NC(=O)NC(C(=O)O)c2cnn(C)c2)C1=O. The van der Waals surface area contributed by atoms with Gasteiger partial charge in [0.05, 0.1) is 6.20 Å². The van der Waals surface area contributed by atoms with Crippen LogP contribution in [0.3, 0.4) is 0 Å². The van der Waals surface area contributed by atoms with Gasteiger partial charge in [-0.2, -0.15) is 5.10 Å². The Morgan fingerprint density at radius 2 is 2.19 bits per heavy atom. The van der Waals surface area contributed by atoms with E-state index in [0.29, 0.717) is 18.5 Å². The lowest BCUT2D eigenvalue weighted by Gasteiger charge is -2.16. The number of nitrogens with one attached hydrogen (secondary N) is 2. The molecule has 1 fully saturated rings. The van der Waals surface area contributed by atoms with E-state index in [1.54, 1.807) is 14.1 Å². The molecule has 1 aliphatic rings. The van der Waals surface area contributed by atoms with E-state index in [1.165, 1.54) is 22.0 Å². The van der Waals surface area contributed by atoms with Crippen LogP contribution in [-0.2, 0) is 16.6 Å². The monoisotopic (exact) mass is 295 g/mol. The summed E-state index contributed by atoms with van der Waals surface area (Å²) in [6.45, 7) is 0.564. The third-order valence-electron chi connectivity index (χ3n) is 3.31. The number of urea groups is 1. The molecule has 0 aromatic carbocycles. The molecule has 0 aliphatic carbocycles. The molecule has 2 unspecified atom stereocenters. The quantitative estimate of drug-likeness (QED) is 0.664. The summed E-state index contributed by atoms with van der Waals surface area (Å²) in [5.41, 5.74) is 0.356. The van der Waals surface area contributed by atoms with Crippen LogP contribution in [0.25, 0.3) is 0 Å². The molecule has 0 radical (unpaired) electrons. The van der Waals surface area contributed by atoms with Crippen LogP contribution < -0.4 is 10.6 Å². The number of amides is 3. The largest absolute Gasteiger partial charge is 0.479 e. The number of carboxylic acids is 1. The minimum Gasteiger partial charge on any atom is -0.479 e. The Bertz CT molecular complexity index is 570. The second-order valence-electron chi connectivity index (χ2n) is 4.94. The number of carbonyl (C=O) groups excluding carboxylic acids is 2. The molecular weight excluding hydrogens is 278 g/mol. The van der Waals surface area contributed by atoms with Gasteiger partial charge in [-0.25, -0.2) is 9.59 Å². The maximum atomic E-state index is 11.9. The summed E-state index contributed by atoms with van der Waals surface area (Å²) >= 11 is 0. The van der Waals surface area contributed by atoms with Gasteiger partial charge in [-0.15, -0.1) is 0 Å². The van der Waals surface area contributed by atoms with E-state index in [0.717, 1.165) is 0 Å². The molecule has 1 aromatic rings. The van der Waals surface area contributed by atoms with Crippen molar-refractivity contribution in [3.8, 4) is 0 Å². The third-order valence-corrected chi connectivity index (χ3v) is 3.31. The van der Waals surface area contributed by atoms with E-state index in [9.17, 15) is 19.5 Å². The lowest BCUT2D eigenvalue weighted by molar-refractivity contribution is -0.139. The van der Waals surface area contributed by atoms with Gasteiger partial charge in [0.15, 0.2) is 6.04 Å². The van der Waals surface area contributed by atoms with Gasteiger partial charge >= 0.3 is 12.0 Å². The highest BCUT2D eigenvalue weighted by Gasteiger charge is 2.31. The fraction of sp³-hybridized carbons (Fsp3) is 0.500. The molecule has 9 heteroatoms. The zero-order valence-electron chi connectivity index (χ0n) is 11.7. The van der Waals surface area contributed by atoms with Gasteiger partial charge in [-0.3, -0.25) is 9.48 Å². The van der Waals surface area contributed by atoms with Crippen LogP contribution in [0.15, 0.2) is 12.4 Å². The molecule has 0 saturated carbocycles. The Labute approximate surface area is 120 Å². The number of aliphatic carboxylic acids is 1. The van der Waals surface area contributed by atoms with E-state index in [2.05, 4.69) is 15.7 Å². The van der Waals surface area contributed by atoms with Crippen molar-refractivity contribution in [1.29, 1.82) is 0 Å². The molecule has 2 atom stereocenters. The molecule has 9 nitrogen and oxygen atoms in total. The summed E-state index contributed by atoms with van der Waals surface area (Å²) in [7, 11) is 3.30. The maximum Gasteiger partial charge on any atom is 0.331 e. The number of carboxylic acid groups (broad SMARTS) is 1. The highest BCUT2D eigenvalue weighted by atomic mass is 16.4. The van der Waals surface area contributed by atoms with Gasteiger partial charge < -0.3 is 20.6 Å². The number of rotatable bonds is 4. The highest BCUT2D eigenvalue weighted by Crippen LogP contribution is 2.12. The fourth-order valence-corrected chi connectivity index (χ4v) is 2.16. The molecular formula is C12H17N5O4. The van der Waals surface area contributed by atoms with Crippen LogP contribution in [-0.4, -0.2) is 57.3 Å². The standard InChI is InChI=1S/C12H17N5O4/c1-16-4-3-8(10(16)18)14-12(21)15-9(11(19)20)7-5-13-17(2)6-7/h5-6,8-9H,3-4H2,1-2H3,(H,19,20)(H2,14,15,21). The van der Waals surface area contributed by atoms with Crippen LogP contribution in [0.4, 0.5) is 4.79 Å². The Hall–Kier alpha value is -2.58. The zero-order chi connectivity index (χ0) is 15.6. The van der Waals surface area contributed by atoms with Gasteiger partial charge in [-0.05, 0) is 6.42 Å². The lowest BCUT2D eigenvalue weighted by Crippen LogP contribution is -2.47. The fourth-order valence-electron chi connectivity index (χ4n) is 2.16. The van der Waals surface area contributed by atoms with E-state index >= 15 is 0 Å². The molecule has 2 rings (SSSR count). The predicted molar refractivity (Wildman–Crippen MR) is 71.3 cm³/mol. The lowest BCUT2D eigenvalue weighted by atomic mass is 10.1. The van der Waals surface area contributed by atoms with E-state index in [1.807, 2.05) is 0 Å². The van der Waals surface area contributed by atoms with Crippen LogP contribution in [0.5, 0.6) is 0 Å². The summed E-state index contributed by atoms with van der Waals surface area (Å²) < 4.78 is 1.44. The summed E-state index contributed by atoms with van der Waals surface area (Å²) in [5.74, 6) is -1.38. The minimum absolute atomic E-state index is 0.182. The minimum atomic E-state index is -1.21. The van der Waals surface area contributed by atoms with Crippen LogP contribution in [0.2, 0.25) is 0 Å².